The minimum atomic E-state index is 0.579. The lowest BCUT2D eigenvalue weighted by atomic mass is 9.89. The van der Waals surface area contributed by atoms with Gasteiger partial charge >= 0.3 is 0 Å². The average Bonchev–Trinajstić information content (AvgIpc) is 2.27. The predicted molar refractivity (Wildman–Crippen MR) is 71.4 cm³/mol. The fraction of sp³-hybridized carbons (Fsp3) is 0.286. The van der Waals surface area contributed by atoms with Crippen molar-refractivity contribution in [1.82, 2.24) is 0 Å². The first-order chi connectivity index (χ1) is 8.29. The Labute approximate surface area is 109 Å². The van der Waals surface area contributed by atoms with Crippen LogP contribution < -0.4 is 4.90 Å². The van der Waals surface area contributed by atoms with E-state index in [1.165, 1.54) is 19.3 Å². The first-order valence-electron chi connectivity index (χ1n) is 5.75. The van der Waals surface area contributed by atoms with E-state index in [0.717, 1.165) is 15.7 Å². The minimum absolute atomic E-state index is 0.579. The van der Waals surface area contributed by atoms with Crippen LogP contribution in [0, 0.1) is 11.3 Å². The van der Waals surface area contributed by atoms with Gasteiger partial charge in [-0.05, 0) is 37.5 Å². The molecule has 0 saturated heterocycles. The quantitative estimate of drug-likeness (QED) is 0.734. The van der Waals surface area contributed by atoms with Crippen molar-refractivity contribution in [2.45, 2.75) is 25.3 Å². The molecule has 1 aliphatic carbocycles. The molecule has 1 aromatic rings. The van der Waals surface area contributed by atoms with Crippen LogP contribution in [-0.4, -0.2) is 6.04 Å². The molecule has 1 heterocycles. The summed E-state index contributed by atoms with van der Waals surface area (Å²) >= 11 is 3.50. The van der Waals surface area contributed by atoms with Crippen molar-refractivity contribution in [1.29, 1.82) is 5.26 Å². The van der Waals surface area contributed by atoms with E-state index in [1.807, 2.05) is 18.3 Å². The van der Waals surface area contributed by atoms with Crippen LogP contribution in [0.2, 0.25) is 0 Å². The van der Waals surface area contributed by atoms with Crippen molar-refractivity contribution in [2.24, 2.45) is 0 Å². The van der Waals surface area contributed by atoms with E-state index in [9.17, 15) is 0 Å². The summed E-state index contributed by atoms with van der Waals surface area (Å²) in [7, 11) is 0. The molecular weight excluding hydrogens is 276 g/mol. The van der Waals surface area contributed by atoms with Crippen LogP contribution in [0.15, 0.2) is 34.6 Å². The number of fused-ring (bicyclic) bond motifs is 1. The Balaban J connectivity index is 2.14. The van der Waals surface area contributed by atoms with Crippen molar-refractivity contribution in [3.63, 3.8) is 0 Å². The zero-order valence-corrected chi connectivity index (χ0v) is 10.9. The molecule has 1 aliphatic heterocycles. The molecule has 1 fully saturated rings. The summed E-state index contributed by atoms with van der Waals surface area (Å²) in [6, 6.07) is 8.84. The molecule has 0 atom stereocenters. The molecule has 0 bridgehead atoms. The molecule has 0 unspecified atom stereocenters. The summed E-state index contributed by atoms with van der Waals surface area (Å²) in [4.78, 5) is 2.25. The van der Waals surface area contributed by atoms with E-state index in [4.69, 9.17) is 5.26 Å². The molecule has 3 rings (SSSR count). The maximum absolute atomic E-state index is 9.10. The van der Waals surface area contributed by atoms with Gasteiger partial charge in [-0.3, -0.25) is 0 Å². The predicted octanol–water partition coefficient (Wildman–Crippen LogP) is 3.84. The van der Waals surface area contributed by atoms with Crippen molar-refractivity contribution in [3.05, 3.63) is 40.2 Å². The van der Waals surface area contributed by atoms with Crippen LogP contribution >= 0.6 is 15.9 Å². The van der Waals surface area contributed by atoms with E-state index in [0.29, 0.717) is 11.6 Å². The lowest BCUT2D eigenvalue weighted by Gasteiger charge is -2.38. The number of allylic oxidation sites excluding steroid dienone is 1. The van der Waals surface area contributed by atoms with Crippen molar-refractivity contribution in [3.8, 4) is 6.07 Å². The molecule has 3 heteroatoms. The second-order valence-corrected chi connectivity index (χ2v) is 5.33. The van der Waals surface area contributed by atoms with Gasteiger partial charge in [-0.2, -0.15) is 5.26 Å². The van der Waals surface area contributed by atoms with Gasteiger partial charge in [0.15, 0.2) is 0 Å². The van der Waals surface area contributed by atoms with E-state index in [2.05, 4.69) is 38.7 Å². The molecule has 0 aromatic heterocycles. The summed E-state index contributed by atoms with van der Waals surface area (Å²) in [5.74, 6) is 0. The van der Waals surface area contributed by atoms with Gasteiger partial charge in [-0.1, -0.05) is 21.7 Å². The van der Waals surface area contributed by atoms with Gasteiger partial charge < -0.3 is 4.90 Å². The van der Waals surface area contributed by atoms with E-state index >= 15 is 0 Å². The largest absolute Gasteiger partial charge is 0.337 e. The van der Waals surface area contributed by atoms with E-state index in [1.54, 1.807) is 0 Å². The number of hydrogen-bond donors (Lipinski definition) is 0. The Bertz CT molecular complexity index is 572. The molecule has 0 spiro atoms. The van der Waals surface area contributed by atoms with Gasteiger partial charge in [0.25, 0.3) is 0 Å². The highest BCUT2D eigenvalue weighted by Gasteiger charge is 2.27. The number of nitrogens with zero attached hydrogens (tertiary/aromatic N) is 2. The van der Waals surface area contributed by atoms with E-state index in [-0.39, 0.29) is 0 Å². The molecule has 0 amide bonds. The van der Waals surface area contributed by atoms with Crippen LogP contribution in [0.1, 0.15) is 24.8 Å². The number of anilines is 1. The lowest BCUT2D eigenvalue weighted by Crippen LogP contribution is -2.37. The number of hydrogen-bond acceptors (Lipinski definition) is 2. The first-order valence-corrected chi connectivity index (χ1v) is 6.54. The van der Waals surface area contributed by atoms with Gasteiger partial charge in [0.05, 0.1) is 5.69 Å². The third kappa shape index (κ3) is 1.70. The van der Waals surface area contributed by atoms with Crippen LogP contribution in [0.4, 0.5) is 5.69 Å². The molecule has 2 nitrogen and oxygen atoms in total. The van der Waals surface area contributed by atoms with Crippen LogP contribution in [-0.2, 0) is 0 Å². The van der Waals surface area contributed by atoms with Gasteiger partial charge in [0, 0.05) is 22.3 Å². The van der Waals surface area contributed by atoms with Gasteiger partial charge in [-0.15, -0.1) is 0 Å². The summed E-state index contributed by atoms with van der Waals surface area (Å²) in [5.41, 5.74) is 5.83. The third-order valence-electron chi connectivity index (χ3n) is 3.44. The number of benzene rings is 1. The van der Waals surface area contributed by atoms with Crippen LogP contribution in [0.25, 0.3) is 5.57 Å². The van der Waals surface area contributed by atoms with Crippen LogP contribution in [0.3, 0.4) is 0 Å². The highest BCUT2D eigenvalue weighted by Crippen LogP contribution is 2.37. The van der Waals surface area contributed by atoms with Gasteiger partial charge in [-0.25, -0.2) is 0 Å². The molecule has 1 saturated carbocycles. The number of nitriles is 1. The molecule has 84 valence electrons. The molecular formula is C14H11BrN2. The fourth-order valence-corrected chi connectivity index (χ4v) is 2.62. The number of rotatable bonds is 1. The third-order valence-corrected chi connectivity index (χ3v) is 3.93. The second kappa shape index (κ2) is 4.07. The smallest absolute Gasteiger partial charge is 0.108 e. The summed E-state index contributed by atoms with van der Waals surface area (Å²) in [6.45, 7) is 0. The van der Waals surface area contributed by atoms with Gasteiger partial charge in [0.2, 0.25) is 0 Å². The summed E-state index contributed by atoms with van der Waals surface area (Å²) < 4.78 is 1.05. The first kappa shape index (κ1) is 10.7. The molecule has 0 N–H and O–H groups in total. The SMILES string of the molecule is N#CC1=C=CN(C2CCC2)c2cc(Br)ccc21. The Morgan fingerprint density at radius 1 is 1.41 bits per heavy atom. The number of halogens is 1. The van der Waals surface area contributed by atoms with Crippen molar-refractivity contribution >= 4 is 27.2 Å². The highest BCUT2D eigenvalue weighted by atomic mass is 79.9. The summed E-state index contributed by atoms with van der Waals surface area (Å²) in [6.07, 6.45) is 5.68. The lowest BCUT2D eigenvalue weighted by molar-refractivity contribution is 0.409. The maximum atomic E-state index is 9.10. The van der Waals surface area contributed by atoms with Crippen molar-refractivity contribution < 1.29 is 0 Å². The maximum Gasteiger partial charge on any atom is 0.108 e. The normalized spacial score (nSPS) is 18.1. The Kier molecular flexibility index (Phi) is 2.55. The zero-order valence-electron chi connectivity index (χ0n) is 9.28. The van der Waals surface area contributed by atoms with Crippen molar-refractivity contribution in [2.75, 3.05) is 4.90 Å². The fourth-order valence-electron chi connectivity index (χ4n) is 2.27. The zero-order chi connectivity index (χ0) is 11.8. The average molecular weight is 287 g/mol. The Hall–Kier alpha value is -1.49. The van der Waals surface area contributed by atoms with E-state index < -0.39 is 0 Å². The van der Waals surface area contributed by atoms with Gasteiger partial charge in [0.1, 0.15) is 11.6 Å². The Morgan fingerprint density at radius 3 is 2.88 bits per heavy atom. The standard InChI is InChI=1S/C14H11BrN2/c15-11-4-5-13-10(9-16)6-7-17(14(13)8-11)12-2-1-3-12/h4-5,7-8,12H,1-3H2. The second-order valence-electron chi connectivity index (χ2n) is 4.41. The Morgan fingerprint density at radius 2 is 2.24 bits per heavy atom. The molecule has 17 heavy (non-hydrogen) atoms. The minimum Gasteiger partial charge on any atom is -0.337 e. The molecule has 2 aliphatic rings. The molecule has 1 aromatic carbocycles. The topological polar surface area (TPSA) is 27.0 Å². The van der Waals surface area contributed by atoms with Crippen LogP contribution in [0.5, 0.6) is 0 Å². The monoisotopic (exact) mass is 286 g/mol. The molecule has 0 radical (unpaired) electrons. The summed E-state index contributed by atoms with van der Waals surface area (Å²) in [5, 5.41) is 9.10. The highest BCUT2D eigenvalue weighted by molar-refractivity contribution is 9.10.